The standard InChI is InChI=1S/C32H34N2O4/c1-33-24-18-34-27-17-23(32(35)36)15-16-25(27)29(22-11-6-3-7-12-22)30(34)26-13-8-14-28(31(26)38-20-24)37-19-21-9-4-2-5-10-21/h2,4-5,8-10,13-17,22,24,33H,3,6-7,11-12,18-20H2,1H3,(H,35,36)/t24-/m1/s1. The van der Waals surface area contributed by atoms with Crippen LogP contribution in [0.1, 0.15) is 59.5 Å². The van der Waals surface area contributed by atoms with E-state index in [-0.39, 0.29) is 6.04 Å². The third-order valence-corrected chi connectivity index (χ3v) is 8.08. The van der Waals surface area contributed by atoms with Crippen molar-refractivity contribution in [2.75, 3.05) is 13.7 Å². The van der Waals surface area contributed by atoms with E-state index in [4.69, 9.17) is 9.47 Å². The number of benzene rings is 3. The SMILES string of the molecule is CN[C@H]1COc2c(OCc3ccccc3)cccc2-c2c(C3CCCCC3)c3ccc(C(=O)O)cc3n2C1. The van der Waals surface area contributed by atoms with Gasteiger partial charge in [-0.25, -0.2) is 4.79 Å². The third-order valence-electron chi connectivity index (χ3n) is 8.08. The second kappa shape index (κ2) is 10.5. The first-order chi connectivity index (χ1) is 18.6. The number of ether oxygens (including phenoxy) is 2. The first-order valence-corrected chi connectivity index (χ1v) is 13.6. The molecular formula is C32H34N2O4. The fraction of sp³-hybridized carbons (Fsp3) is 0.344. The fourth-order valence-corrected chi connectivity index (χ4v) is 6.13. The molecule has 196 valence electrons. The second-order valence-corrected chi connectivity index (χ2v) is 10.4. The summed E-state index contributed by atoms with van der Waals surface area (Å²) in [5.41, 5.74) is 5.85. The summed E-state index contributed by atoms with van der Waals surface area (Å²) in [7, 11) is 1.95. The number of para-hydroxylation sites is 1. The number of rotatable bonds is 6. The van der Waals surface area contributed by atoms with Crippen LogP contribution in [0.25, 0.3) is 22.2 Å². The van der Waals surface area contributed by atoms with E-state index in [1.165, 1.54) is 24.8 Å². The molecule has 38 heavy (non-hydrogen) atoms. The van der Waals surface area contributed by atoms with Gasteiger partial charge < -0.3 is 24.5 Å². The zero-order chi connectivity index (χ0) is 26.1. The summed E-state index contributed by atoms with van der Waals surface area (Å²) in [6.45, 7) is 1.62. The number of carboxylic acid groups (broad SMARTS) is 1. The van der Waals surface area contributed by atoms with Gasteiger partial charge >= 0.3 is 5.97 Å². The highest BCUT2D eigenvalue weighted by Crippen LogP contribution is 2.49. The lowest BCUT2D eigenvalue weighted by Gasteiger charge is -2.28. The zero-order valence-electron chi connectivity index (χ0n) is 21.8. The Hall–Kier alpha value is -3.77. The maximum atomic E-state index is 11.9. The number of hydrogen-bond donors (Lipinski definition) is 2. The number of aromatic carboxylic acids is 1. The van der Waals surface area contributed by atoms with Crippen molar-refractivity contribution >= 4 is 16.9 Å². The van der Waals surface area contributed by atoms with Crippen LogP contribution in [0.4, 0.5) is 0 Å². The highest BCUT2D eigenvalue weighted by molar-refractivity contribution is 5.99. The highest BCUT2D eigenvalue weighted by Gasteiger charge is 2.31. The Bertz CT molecular complexity index is 1450. The van der Waals surface area contributed by atoms with Crippen molar-refractivity contribution in [1.29, 1.82) is 0 Å². The summed E-state index contributed by atoms with van der Waals surface area (Å²) in [5, 5.41) is 14.3. The largest absolute Gasteiger partial charge is 0.487 e. The molecular weight excluding hydrogens is 476 g/mol. The van der Waals surface area contributed by atoms with Gasteiger partial charge in [0.2, 0.25) is 0 Å². The molecule has 6 heteroatoms. The molecule has 6 rings (SSSR count). The first kappa shape index (κ1) is 24.6. The molecule has 3 aromatic carbocycles. The molecule has 0 radical (unpaired) electrons. The summed E-state index contributed by atoms with van der Waals surface area (Å²) in [6, 6.07) is 22.0. The maximum absolute atomic E-state index is 11.9. The molecule has 2 aliphatic rings. The van der Waals surface area contributed by atoms with E-state index >= 15 is 0 Å². The van der Waals surface area contributed by atoms with Gasteiger partial charge in [-0.2, -0.15) is 0 Å². The first-order valence-electron chi connectivity index (χ1n) is 13.6. The molecule has 1 aliphatic heterocycles. The van der Waals surface area contributed by atoms with Crippen molar-refractivity contribution < 1.29 is 19.4 Å². The molecule has 1 fully saturated rings. The summed E-state index contributed by atoms with van der Waals surface area (Å²) in [6.07, 6.45) is 5.98. The average molecular weight is 511 g/mol. The van der Waals surface area contributed by atoms with Crippen molar-refractivity contribution in [1.82, 2.24) is 9.88 Å². The van der Waals surface area contributed by atoms with Crippen LogP contribution in [0.3, 0.4) is 0 Å². The minimum atomic E-state index is -0.905. The predicted octanol–water partition coefficient (Wildman–Crippen LogP) is 6.61. The van der Waals surface area contributed by atoms with Crippen LogP contribution in [0.2, 0.25) is 0 Å². The Morgan fingerprint density at radius 1 is 1.05 bits per heavy atom. The van der Waals surface area contributed by atoms with Crippen LogP contribution < -0.4 is 14.8 Å². The Kier molecular flexibility index (Phi) is 6.81. The number of fused-ring (bicyclic) bond motifs is 5. The lowest BCUT2D eigenvalue weighted by molar-refractivity contribution is 0.0697. The number of likely N-dealkylation sites (N-methyl/N-ethyl adjacent to an activating group) is 1. The maximum Gasteiger partial charge on any atom is 0.335 e. The number of carboxylic acids is 1. The van der Waals surface area contributed by atoms with E-state index in [0.717, 1.165) is 52.1 Å². The minimum Gasteiger partial charge on any atom is -0.487 e. The van der Waals surface area contributed by atoms with Gasteiger partial charge in [-0.05, 0) is 61.2 Å². The van der Waals surface area contributed by atoms with E-state index in [9.17, 15) is 9.90 Å². The fourth-order valence-electron chi connectivity index (χ4n) is 6.13. The van der Waals surface area contributed by atoms with Gasteiger partial charge in [0, 0.05) is 23.0 Å². The molecule has 1 atom stereocenters. The molecule has 2 heterocycles. The van der Waals surface area contributed by atoms with Gasteiger partial charge in [0.1, 0.15) is 13.2 Å². The van der Waals surface area contributed by atoms with Crippen LogP contribution in [0.15, 0.2) is 66.7 Å². The highest BCUT2D eigenvalue weighted by atomic mass is 16.5. The Labute approximate surface area is 223 Å². The van der Waals surface area contributed by atoms with Crippen LogP contribution in [0, 0.1) is 0 Å². The van der Waals surface area contributed by atoms with E-state index in [1.54, 1.807) is 6.07 Å². The quantitative estimate of drug-likeness (QED) is 0.305. The molecule has 0 spiro atoms. The Morgan fingerprint density at radius 3 is 2.63 bits per heavy atom. The summed E-state index contributed by atoms with van der Waals surface area (Å²) in [5.74, 6) is 0.995. The van der Waals surface area contributed by atoms with Gasteiger partial charge in [-0.15, -0.1) is 0 Å². The van der Waals surface area contributed by atoms with Crippen LogP contribution >= 0.6 is 0 Å². The molecule has 0 saturated heterocycles. The van der Waals surface area contributed by atoms with Crippen LogP contribution in [-0.2, 0) is 13.2 Å². The molecule has 1 saturated carbocycles. The molecule has 6 nitrogen and oxygen atoms in total. The molecule has 1 aliphatic carbocycles. The number of nitrogens with one attached hydrogen (secondary N) is 1. The molecule has 4 aromatic rings. The van der Waals surface area contributed by atoms with Crippen molar-refractivity contribution in [2.45, 2.75) is 57.2 Å². The molecule has 0 unspecified atom stereocenters. The molecule has 0 amide bonds. The predicted molar refractivity (Wildman–Crippen MR) is 149 cm³/mol. The Balaban J connectivity index is 1.56. The number of aromatic nitrogens is 1. The summed E-state index contributed by atoms with van der Waals surface area (Å²) in [4.78, 5) is 11.9. The van der Waals surface area contributed by atoms with E-state index in [0.29, 0.717) is 31.2 Å². The van der Waals surface area contributed by atoms with E-state index in [1.807, 2.05) is 49.5 Å². The second-order valence-electron chi connectivity index (χ2n) is 10.4. The normalized spacial score (nSPS) is 17.7. The van der Waals surface area contributed by atoms with Gasteiger partial charge in [-0.3, -0.25) is 0 Å². The van der Waals surface area contributed by atoms with E-state index in [2.05, 4.69) is 28.1 Å². The van der Waals surface area contributed by atoms with E-state index < -0.39 is 5.97 Å². The smallest absolute Gasteiger partial charge is 0.335 e. The summed E-state index contributed by atoms with van der Waals surface area (Å²) < 4.78 is 15.2. The number of hydrogen-bond acceptors (Lipinski definition) is 4. The zero-order valence-corrected chi connectivity index (χ0v) is 21.8. The van der Waals surface area contributed by atoms with Crippen LogP contribution in [0.5, 0.6) is 11.5 Å². The number of nitrogens with zero attached hydrogens (tertiary/aromatic N) is 1. The van der Waals surface area contributed by atoms with Crippen molar-refractivity contribution in [2.24, 2.45) is 0 Å². The number of carbonyl (C=O) groups is 1. The third kappa shape index (κ3) is 4.54. The topological polar surface area (TPSA) is 72.7 Å². The van der Waals surface area contributed by atoms with Crippen molar-refractivity contribution in [3.8, 4) is 22.8 Å². The van der Waals surface area contributed by atoms with Gasteiger partial charge in [-0.1, -0.05) is 61.7 Å². The van der Waals surface area contributed by atoms with Crippen molar-refractivity contribution in [3.63, 3.8) is 0 Å². The molecule has 0 bridgehead atoms. The van der Waals surface area contributed by atoms with Gasteiger partial charge in [0.15, 0.2) is 11.5 Å². The minimum absolute atomic E-state index is 0.0485. The molecule has 1 aromatic heterocycles. The van der Waals surface area contributed by atoms with Gasteiger partial charge in [0.05, 0.1) is 17.3 Å². The lowest BCUT2D eigenvalue weighted by atomic mass is 9.81. The van der Waals surface area contributed by atoms with Crippen molar-refractivity contribution in [3.05, 3.63) is 83.4 Å². The summed E-state index contributed by atoms with van der Waals surface area (Å²) >= 11 is 0. The Morgan fingerprint density at radius 2 is 1.87 bits per heavy atom. The lowest BCUT2D eigenvalue weighted by Crippen LogP contribution is -2.37. The molecule has 2 N–H and O–H groups in total. The average Bonchev–Trinajstić information content (AvgIpc) is 3.26. The van der Waals surface area contributed by atoms with Crippen LogP contribution in [-0.4, -0.2) is 35.3 Å². The monoisotopic (exact) mass is 510 g/mol. The van der Waals surface area contributed by atoms with Gasteiger partial charge in [0.25, 0.3) is 0 Å².